The first kappa shape index (κ1) is 24.1. The molecule has 2 aromatic carbocycles. The molecule has 0 unspecified atom stereocenters. The van der Waals surface area contributed by atoms with Gasteiger partial charge < -0.3 is 9.64 Å². The zero-order valence-corrected chi connectivity index (χ0v) is 21.6. The summed E-state index contributed by atoms with van der Waals surface area (Å²) in [6.45, 7) is 10.9. The minimum absolute atomic E-state index is 0.251. The molecule has 2 saturated heterocycles. The van der Waals surface area contributed by atoms with Gasteiger partial charge in [-0.3, -0.25) is 4.90 Å². The van der Waals surface area contributed by atoms with E-state index in [-0.39, 0.29) is 10.3 Å². The Morgan fingerprint density at radius 3 is 2.44 bits per heavy atom. The van der Waals surface area contributed by atoms with Gasteiger partial charge in [0.25, 0.3) is 0 Å². The molecular formula is C26H34ClN3O3S. The number of hydrogen-bond donors (Lipinski definition) is 0. The van der Waals surface area contributed by atoms with E-state index in [1.165, 1.54) is 17.3 Å². The highest BCUT2D eigenvalue weighted by Crippen LogP contribution is 2.38. The second kappa shape index (κ2) is 9.43. The van der Waals surface area contributed by atoms with E-state index in [0.717, 1.165) is 57.8 Å². The van der Waals surface area contributed by atoms with Crippen molar-refractivity contribution >= 4 is 27.3 Å². The van der Waals surface area contributed by atoms with E-state index >= 15 is 0 Å². The van der Waals surface area contributed by atoms with Gasteiger partial charge in [0.05, 0.1) is 18.1 Å². The Morgan fingerprint density at radius 2 is 1.74 bits per heavy atom. The minimum Gasteiger partial charge on any atom is -0.379 e. The molecule has 0 spiro atoms. The van der Waals surface area contributed by atoms with Gasteiger partial charge in [-0.2, -0.15) is 4.31 Å². The maximum atomic E-state index is 13.5. The van der Waals surface area contributed by atoms with E-state index < -0.39 is 10.0 Å². The summed E-state index contributed by atoms with van der Waals surface area (Å²) in [6, 6.07) is 13.8. The Morgan fingerprint density at radius 1 is 1.00 bits per heavy atom. The number of nitrogens with zero attached hydrogens (tertiary/aromatic N) is 3. The fraction of sp³-hybridized carbons (Fsp3) is 0.538. The number of piperidine rings is 1. The molecule has 5 rings (SSSR count). The van der Waals surface area contributed by atoms with Gasteiger partial charge in [-0.1, -0.05) is 37.6 Å². The SMILES string of the molecule is CC1(C)CN(S(=O)(=O)c2cccc(Cl)c2)Cc2cc(N3CCC(N4CCOCC4)CC3)ccc21. The summed E-state index contributed by atoms with van der Waals surface area (Å²) in [4.78, 5) is 5.28. The molecule has 0 radical (unpaired) electrons. The van der Waals surface area contributed by atoms with Crippen molar-refractivity contribution in [3.05, 3.63) is 58.6 Å². The Kier molecular flexibility index (Phi) is 6.68. The maximum absolute atomic E-state index is 13.5. The summed E-state index contributed by atoms with van der Waals surface area (Å²) in [6.07, 6.45) is 2.30. The van der Waals surface area contributed by atoms with Crippen LogP contribution in [0.2, 0.25) is 5.02 Å². The Hall–Kier alpha value is -1.64. The third-order valence-electron chi connectivity index (χ3n) is 7.56. The predicted octanol–water partition coefficient (Wildman–Crippen LogP) is 4.12. The maximum Gasteiger partial charge on any atom is 0.243 e. The second-order valence-corrected chi connectivity index (χ2v) is 12.7. The smallest absolute Gasteiger partial charge is 0.243 e. The molecule has 0 aromatic heterocycles. The highest BCUT2D eigenvalue weighted by Gasteiger charge is 2.38. The first-order valence-corrected chi connectivity index (χ1v) is 14.0. The quantitative estimate of drug-likeness (QED) is 0.628. The number of benzene rings is 2. The highest BCUT2D eigenvalue weighted by molar-refractivity contribution is 7.89. The lowest BCUT2D eigenvalue weighted by Gasteiger charge is -2.42. The summed E-state index contributed by atoms with van der Waals surface area (Å²) in [5.41, 5.74) is 3.24. The number of halogens is 1. The molecule has 0 N–H and O–H groups in total. The average Bonchev–Trinajstić information content (AvgIpc) is 2.84. The van der Waals surface area contributed by atoms with Crippen LogP contribution in [0.5, 0.6) is 0 Å². The van der Waals surface area contributed by atoms with Crippen molar-refractivity contribution in [3.8, 4) is 0 Å². The molecule has 0 bridgehead atoms. The van der Waals surface area contributed by atoms with Crippen LogP contribution in [0.4, 0.5) is 5.69 Å². The molecule has 0 amide bonds. The van der Waals surface area contributed by atoms with Gasteiger partial charge in [-0.05, 0) is 54.3 Å². The zero-order chi connectivity index (χ0) is 23.9. The highest BCUT2D eigenvalue weighted by atomic mass is 35.5. The summed E-state index contributed by atoms with van der Waals surface area (Å²) in [5.74, 6) is 0. The van der Waals surface area contributed by atoms with Crippen LogP contribution in [0.15, 0.2) is 47.4 Å². The standard InChI is InChI=1S/C26H34ClN3O3S/c1-26(2)19-30(34(31,32)24-5-3-4-21(27)17-24)18-20-16-23(6-7-25(20)26)28-10-8-22(9-11-28)29-12-14-33-15-13-29/h3-7,16-17,22H,8-15,18-19H2,1-2H3. The summed E-state index contributed by atoms with van der Waals surface area (Å²) in [7, 11) is -3.64. The van der Waals surface area contributed by atoms with E-state index in [1.54, 1.807) is 22.5 Å². The summed E-state index contributed by atoms with van der Waals surface area (Å²) >= 11 is 6.10. The molecule has 0 atom stereocenters. The average molecular weight is 504 g/mol. The molecule has 3 aliphatic rings. The van der Waals surface area contributed by atoms with Gasteiger partial charge in [0.1, 0.15) is 0 Å². The van der Waals surface area contributed by atoms with Gasteiger partial charge in [0, 0.05) is 61.4 Å². The summed E-state index contributed by atoms with van der Waals surface area (Å²) < 4.78 is 34.0. The number of anilines is 1. The monoisotopic (exact) mass is 503 g/mol. The van der Waals surface area contributed by atoms with Crippen LogP contribution < -0.4 is 4.90 Å². The van der Waals surface area contributed by atoms with Gasteiger partial charge in [-0.25, -0.2) is 8.42 Å². The van der Waals surface area contributed by atoms with Crippen molar-refractivity contribution in [1.82, 2.24) is 9.21 Å². The predicted molar refractivity (Wildman–Crippen MR) is 136 cm³/mol. The van der Waals surface area contributed by atoms with Gasteiger partial charge >= 0.3 is 0 Å². The molecule has 8 heteroatoms. The lowest BCUT2D eigenvalue weighted by atomic mass is 9.79. The van der Waals surface area contributed by atoms with Crippen LogP contribution >= 0.6 is 11.6 Å². The van der Waals surface area contributed by atoms with E-state index in [9.17, 15) is 8.42 Å². The van der Waals surface area contributed by atoms with E-state index in [2.05, 4.69) is 41.8 Å². The Bertz CT molecular complexity index is 1140. The topological polar surface area (TPSA) is 53.1 Å². The molecule has 3 heterocycles. The zero-order valence-electron chi connectivity index (χ0n) is 20.0. The molecule has 3 aliphatic heterocycles. The van der Waals surface area contributed by atoms with E-state index in [0.29, 0.717) is 24.2 Å². The van der Waals surface area contributed by atoms with E-state index in [4.69, 9.17) is 16.3 Å². The third kappa shape index (κ3) is 4.73. The van der Waals surface area contributed by atoms with Crippen molar-refractivity contribution in [1.29, 1.82) is 0 Å². The largest absolute Gasteiger partial charge is 0.379 e. The van der Waals surface area contributed by atoms with Crippen LogP contribution in [0.3, 0.4) is 0 Å². The molecule has 6 nitrogen and oxygen atoms in total. The number of morpholine rings is 1. The van der Waals surface area contributed by atoms with Crippen molar-refractivity contribution in [3.63, 3.8) is 0 Å². The Labute approximate surface area is 208 Å². The van der Waals surface area contributed by atoms with Crippen LogP contribution in [-0.4, -0.2) is 69.6 Å². The van der Waals surface area contributed by atoms with Gasteiger partial charge in [0.2, 0.25) is 10.0 Å². The lowest BCUT2D eigenvalue weighted by molar-refractivity contribution is 0.0115. The molecular weight excluding hydrogens is 470 g/mol. The number of ether oxygens (including phenoxy) is 1. The van der Waals surface area contributed by atoms with Crippen LogP contribution in [-0.2, 0) is 26.7 Å². The second-order valence-electron chi connectivity index (χ2n) is 10.3. The number of sulfonamides is 1. The lowest BCUT2D eigenvalue weighted by Crippen LogP contribution is -2.49. The van der Waals surface area contributed by atoms with Crippen molar-refractivity contribution in [2.75, 3.05) is 50.8 Å². The molecule has 2 fully saturated rings. The van der Waals surface area contributed by atoms with Crippen molar-refractivity contribution in [2.24, 2.45) is 0 Å². The number of rotatable bonds is 4. The summed E-state index contributed by atoms with van der Waals surface area (Å²) in [5, 5.41) is 0.431. The number of hydrogen-bond acceptors (Lipinski definition) is 5. The molecule has 0 aliphatic carbocycles. The van der Waals surface area contributed by atoms with Crippen molar-refractivity contribution < 1.29 is 13.2 Å². The molecule has 184 valence electrons. The van der Waals surface area contributed by atoms with Gasteiger partial charge in [0.15, 0.2) is 0 Å². The van der Waals surface area contributed by atoms with E-state index in [1.807, 2.05) is 0 Å². The van der Waals surface area contributed by atoms with Crippen LogP contribution in [0, 0.1) is 0 Å². The number of fused-ring (bicyclic) bond motifs is 1. The first-order valence-electron chi connectivity index (χ1n) is 12.2. The third-order valence-corrected chi connectivity index (χ3v) is 9.58. The molecule has 2 aromatic rings. The van der Waals surface area contributed by atoms with Gasteiger partial charge in [-0.15, -0.1) is 0 Å². The van der Waals surface area contributed by atoms with Crippen LogP contribution in [0.1, 0.15) is 37.8 Å². The molecule has 0 saturated carbocycles. The normalized spacial score (nSPS) is 22.5. The van der Waals surface area contributed by atoms with Crippen LogP contribution in [0.25, 0.3) is 0 Å². The molecule has 34 heavy (non-hydrogen) atoms. The minimum atomic E-state index is -3.64. The first-order chi connectivity index (χ1) is 16.2. The fourth-order valence-corrected chi connectivity index (χ4v) is 7.60. The fourth-order valence-electron chi connectivity index (χ4n) is 5.72. The Balaban J connectivity index is 1.35. The van der Waals surface area contributed by atoms with Crippen molar-refractivity contribution in [2.45, 2.75) is 49.6 Å².